The smallest absolute Gasteiger partial charge is 0.345 e. The third kappa shape index (κ3) is 4.44. The van der Waals surface area contributed by atoms with E-state index >= 15 is 0 Å². The molecule has 0 aliphatic heterocycles. The maximum Gasteiger partial charge on any atom is 0.345 e. The van der Waals surface area contributed by atoms with Gasteiger partial charge in [0.1, 0.15) is 11.7 Å². The molecule has 0 spiro atoms. The molecule has 0 radical (unpaired) electrons. The second-order valence-corrected chi connectivity index (χ2v) is 5.74. The highest BCUT2D eigenvalue weighted by molar-refractivity contribution is 5.90. The fourth-order valence-corrected chi connectivity index (χ4v) is 2.57. The van der Waals surface area contributed by atoms with Gasteiger partial charge in [-0.15, -0.1) is 0 Å². The summed E-state index contributed by atoms with van der Waals surface area (Å²) in [5, 5.41) is 0. The van der Waals surface area contributed by atoms with Crippen molar-refractivity contribution >= 4 is 5.97 Å². The molecule has 2 aromatic carbocycles. The number of carbonyl (C=O) groups is 1. The quantitative estimate of drug-likeness (QED) is 0.301. The van der Waals surface area contributed by atoms with Crippen LogP contribution in [-0.2, 0) is 4.74 Å². The van der Waals surface area contributed by atoms with E-state index in [1.807, 2.05) is 18.7 Å². The predicted octanol–water partition coefficient (Wildman–Crippen LogP) is 4.62. The third-order valence-corrected chi connectivity index (χ3v) is 4.15. The number of hydrogen-bond acceptors (Lipinski definition) is 3. The van der Waals surface area contributed by atoms with Crippen molar-refractivity contribution in [3.8, 4) is 0 Å². The number of carbonyl (C=O) groups excluding carboxylic acids is 1. The van der Waals surface area contributed by atoms with Crippen molar-refractivity contribution in [2.45, 2.75) is 20.0 Å². The van der Waals surface area contributed by atoms with E-state index in [9.17, 15) is 26.7 Å². The van der Waals surface area contributed by atoms with Gasteiger partial charge in [-0.2, -0.15) is 0 Å². The lowest BCUT2D eigenvalue weighted by Gasteiger charge is -2.26. The Bertz CT molecular complexity index is 780. The number of benzene rings is 2. The van der Waals surface area contributed by atoms with Crippen LogP contribution in [0.2, 0.25) is 0 Å². The molecule has 0 saturated carbocycles. The van der Waals surface area contributed by atoms with Gasteiger partial charge in [0, 0.05) is 6.54 Å². The van der Waals surface area contributed by atoms with Gasteiger partial charge in [0.05, 0.1) is 0 Å². The van der Waals surface area contributed by atoms with Crippen LogP contribution in [-0.4, -0.2) is 30.5 Å². The Morgan fingerprint density at radius 3 is 1.85 bits per heavy atom. The largest absolute Gasteiger partial charge is 0.452 e. The van der Waals surface area contributed by atoms with Gasteiger partial charge in [0.15, 0.2) is 23.3 Å². The molecule has 0 amide bonds. The van der Waals surface area contributed by atoms with E-state index in [-0.39, 0.29) is 6.54 Å². The molecule has 1 atom stereocenters. The van der Waals surface area contributed by atoms with Gasteiger partial charge in [-0.1, -0.05) is 44.2 Å². The zero-order valence-corrected chi connectivity index (χ0v) is 14.7. The topological polar surface area (TPSA) is 29.5 Å². The second kappa shape index (κ2) is 8.94. The maximum atomic E-state index is 13.9. The summed E-state index contributed by atoms with van der Waals surface area (Å²) in [7, 11) is 0. The van der Waals surface area contributed by atoms with E-state index in [2.05, 4.69) is 0 Å². The summed E-state index contributed by atoms with van der Waals surface area (Å²) >= 11 is 0. The van der Waals surface area contributed by atoms with Gasteiger partial charge < -0.3 is 4.74 Å². The van der Waals surface area contributed by atoms with E-state index in [1.165, 1.54) is 0 Å². The van der Waals surface area contributed by atoms with E-state index in [0.717, 1.165) is 0 Å². The lowest BCUT2D eigenvalue weighted by atomic mass is 10.1. The van der Waals surface area contributed by atoms with Crippen molar-refractivity contribution in [1.82, 2.24) is 4.90 Å². The Morgan fingerprint density at radius 2 is 1.37 bits per heavy atom. The number of likely N-dealkylation sites (N-methyl/N-ethyl adjacent to an activating group) is 1. The predicted molar refractivity (Wildman–Crippen MR) is 88.6 cm³/mol. The molecule has 0 heterocycles. The average Bonchev–Trinajstić information content (AvgIpc) is 2.68. The van der Waals surface area contributed by atoms with Crippen molar-refractivity contribution in [3.63, 3.8) is 0 Å². The van der Waals surface area contributed by atoms with Crippen LogP contribution in [0.4, 0.5) is 22.0 Å². The van der Waals surface area contributed by atoms with Crippen LogP contribution in [0.25, 0.3) is 0 Å². The van der Waals surface area contributed by atoms with Crippen molar-refractivity contribution in [2.24, 2.45) is 0 Å². The van der Waals surface area contributed by atoms with E-state index in [0.29, 0.717) is 18.7 Å². The first kappa shape index (κ1) is 20.8. The van der Waals surface area contributed by atoms with Crippen LogP contribution in [0, 0.1) is 29.1 Å². The van der Waals surface area contributed by atoms with Gasteiger partial charge in [-0.3, -0.25) is 4.90 Å². The van der Waals surface area contributed by atoms with Gasteiger partial charge in [0.25, 0.3) is 0 Å². The first-order valence-corrected chi connectivity index (χ1v) is 8.31. The minimum Gasteiger partial charge on any atom is -0.452 e. The molecule has 0 aromatic heterocycles. The minimum atomic E-state index is -2.33. The summed E-state index contributed by atoms with van der Waals surface area (Å²) in [6.45, 7) is 5.16. The standard InChI is InChI=1S/C19H18F5NO2/c1-3-25(4-2)10-12(11-8-6-5-7-9-11)27-19(26)13-14(20)16(22)18(24)17(23)15(13)21/h5-9,12H,3-4,10H2,1-2H3. The summed E-state index contributed by atoms with van der Waals surface area (Å²) in [5.74, 6) is -12.8. The fourth-order valence-electron chi connectivity index (χ4n) is 2.57. The van der Waals surface area contributed by atoms with Crippen molar-refractivity contribution < 1.29 is 31.5 Å². The molecule has 0 N–H and O–H groups in total. The van der Waals surface area contributed by atoms with Crippen molar-refractivity contribution in [3.05, 3.63) is 70.5 Å². The normalized spacial score (nSPS) is 12.3. The Kier molecular flexibility index (Phi) is 6.90. The molecule has 8 heteroatoms. The van der Waals surface area contributed by atoms with Gasteiger partial charge >= 0.3 is 5.97 Å². The molecule has 0 fully saturated rings. The number of rotatable bonds is 7. The number of nitrogens with zero attached hydrogens (tertiary/aromatic N) is 1. The molecule has 0 bridgehead atoms. The second-order valence-electron chi connectivity index (χ2n) is 5.74. The lowest BCUT2D eigenvalue weighted by Crippen LogP contribution is -2.31. The van der Waals surface area contributed by atoms with Crippen LogP contribution in [0.1, 0.15) is 35.9 Å². The molecule has 2 rings (SSSR count). The fraction of sp³-hybridized carbons (Fsp3) is 0.316. The zero-order valence-electron chi connectivity index (χ0n) is 14.7. The molecule has 27 heavy (non-hydrogen) atoms. The molecule has 1 unspecified atom stereocenters. The Balaban J connectivity index is 2.39. The number of hydrogen-bond donors (Lipinski definition) is 0. The summed E-state index contributed by atoms with van der Waals surface area (Å²) in [5.41, 5.74) is -1.08. The van der Waals surface area contributed by atoms with E-state index in [1.54, 1.807) is 30.3 Å². The number of ether oxygens (including phenoxy) is 1. The highest BCUT2D eigenvalue weighted by atomic mass is 19.2. The Labute approximate surface area is 153 Å². The minimum absolute atomic E-state index is 0.193. The number of esters is 1. The van der Waals surface area contributed by atoms with E-state index in [4.69, 9.17) is 4.74 Å². The highest BCUT2D eigenvalue weighted by Gasteiger charge is 2.32. The average molecular weight is 387 g/mol. The van der Waals surface area contributed by atoms with Crippen molar-refractivity contribution in [1.29, 1.82) is 0 Å². The summed E-state index contributed by atoms with van der Waals surface area (Å²) in [4.78, 5) is 14.2. The first-order valence-electron chi connectivity index (χ1n) is 8.31. The van der Waals surface area contributed by atoms with Gasteiger partial charge in [-0.05, 0) is 18.7 Å². The highest BCUT2D eigenvalue weighted by Crippen LogP contribution is 2.26. The molecule has 0 aliphatic rings. The molecule has 0 saturated heterocycles. The molecule has 2 aromatic rings. The molecule has 146 valence electrons. The monoisotopic (exact) mass is 387 g/mol. The lowest BCUT2D eigenvalue weighted by molar-refractivity contribution is 0.0191. The third-order valence-electron chi connectivity index (χ3n) is 4.15. The SMILES string of the molecule is CCN(CC)CC(OC(=O)c1c(F)c(F)c(F)c(F)c1F)c1ccccc1. The van der Waals surface area contributed by atoms with Crippen molar-refractivity contribution in [2.75, 3.05) is 19.6 Å². The molecular weight excluding hydrogens is 369 g/mol. The van der Waals surface area contributed by atoms with Gasteiger partial charge in [-0.25, -0.2) is 26.7 Å². The molecular formula is C19H18F5NO2. The summed E-state index contributed by atoms with van der Waals surface area (Å²) < 4.78 is 72.8. The zero-order chi connectivity index (χ0) is 20.1. The Morgan fingerprint density at radius 1 is 0.889 bits per heavy atom. The molecule has 0 aliphatic carbocycles. The Hall–Kier alpha value is -2.48. The van der Waals surface area contributed by atoms with Crippen LogP contribution >= 0.6 is 0 Å². The van der Waals surface area contributed by atoms with Crippen LogP contribution in [0.5, 0.6) is 0 Å². The maximum absolute atomic E-state index is 13.9. The summed E-state index contributed by atoms with van der Waals surface area (Å²) in [6.07, 6.45) is -0.950. The van der Waals surface area contributed by atoms with Crippen LogP contribution in [0.15, 0.2) is 30.3 Å². The number of halogens is 5. The first-order chi connectivity index (χ1) is 12.8. The molecule has 3 nitrogen and oxygen atoms in total. The summed E-state index contributed by atoms with van der Waals surface area (Å²) in [6, 6.07) is 8.36. The van der Waals surface area contributed by atoms with E-state index < -0.39 is 46.7 Å². The van der Waals surface area contributed by atoms with Gasteiger partial charge in [0.2, 0.25) is 5.82 Å². The van der Waals surface area contributed by atoms with Crippen LogP contribution in [0.3, 0.4) is 0 Å². The van der Waals surface area contributed by atoms with Crippen LogP contribution < -0.4 is 0 Å².